The van der Waals surface area contributed by atoms with Gasteiger partial charge in [-0.3, -0.25) is 0 Å². The minimum Gasteiger partial charge on any atom is -0.309 e. The van der Waals surface area contributed by atoms with Crippen molar-refractivity contribution in [3.8, 4) is 62.1 Å². The quantitative estimate of drug-likeness (QED) is 0.176. The fourth-order valence-electron chi connectivity index (χ4n) is 7.43. The van der Waals surface area contributed by atoms with E-state index in [2.05, 4.69) is 138 Å². The van der Waals surface area contributed by atoms with Crippen LogP contribution in [0.4, 0.5) is 0 Å². The summed E-state index contributed by atoms with van der Waals surface area (Å²) in [5.74, 6) is 1.96. The second-order valence-corrected chi connectivity index (χ2v) is 13.3. The molecule has 0 spiro atoms. The van der Waals surface area contributed by atoms with E-state index in [0.29, 0.717) is 17.5 Å². The van der Waals surface area contributed by atoms with Crippen LogP contribution in [-0.4, -0.2) is 19.5 Å². The van der Waals surface area contributed by atoms with Gasteiger partial charge in [0.05, 0.1) is 11.0 Å². The van der Waals surface area contributed by atoms with Crippen LogP contribution in [0, 0.1) is 0 Å². The predicted molar refractivity (Wildman–Crippen MR) is 219 cm³/mol. The highest BCUT2D eigenvalue weighted by atomic mass is 15.0. The van der Waals surface area contributed by atoms with Gasteiger partial charge in [-0.2, -0.15) is 0 Å². The SMILES string of the molecule is c1ccc(-c2ccc(-n3c4ccccc4c4c5cc(-c6ccc(-c7nc(-c8ccccc8)nc(-c8ccccc8)n7)cc6)ccc5ccc43)cc2)cc1. The summed E-state index contributed by atoms with van der Waals surface area (Å²) in [6.45, 7) is 0. The van der Waals surface area contributed by atoms with Gasteiger partial charge in [-0.25, -0.2) is 15.0 Å². The first-order chi connectivity index (χ1) is 26.3. The van der Waals surface area contributed by atoms with Crippen molar-refractivity contribution < 1.29 is 0 Å². The Morgan fingerprint density at radius 2 is 0.736 bits per heavy atom. The maximum Gasteiger partial charge on any atom is 0.164 e. The molecule has 0 saturated heterocycles. The topological polar surface area (TPSA) is 43.6 Å². The Labute approximate surface area is 307 Å². The monoisotopic (exact) mass is 676 g/mol. The van der Waals surface area contributed by atoms with E-state index < -0.39 is 0 Å². The van der Waals surface area contributed by atoms with E-state index in [4.69, 9.17) is 15.0 Å². The summed E-state index contributed by atoms with van der Waals surface area (Å²) in [4.78, 5) is 14.7. The molecule has 0 bridgehead atoms. The molecule has 0 atom stereocenters. The van der Waals surface area contributed by atoms with Gasteiger partial charge in [0.2, 0.25) is 0 Å². The minimum atomic E-state index is 0.647. The standard InChI is InChI=1S/C49H32N4/c1-4-12-33(13-5-1)34-26-29-41(30-27-34)53-44-19-11-10-18-42(44)46-43-32-40(25-22-36(43)28-31-45(46)53)35-20-23-39(24-21-35)49-51-47(37-14-6-2-7-15-37)50-48(52-49)38-16-8-3-9-17-38/h1-32H. The summed E-state index contributed by atoms with van der Waals surface area (Å²) in [6, 6.07) is 68.2. The van der Waals surface area contributed by atoms with Crippen LogP contribution in [0.5, 0.6) is 0 Å². The van der Waals surface area contributed by atoms with Crippen molar-refractivity contribution in [3.63, 3.8) is 0 Å². The molecule has 0 unspecified atom stereocenters. The zero-order valence-electron chi connectivity index (χ0n) is 28.8. The number of rotatable bonds is 6. The molecule has 0 N–H and O–H groups in total. The third kappa shape index (κ3) is 5.54. The lowest BCUT2D eigenvalue weighted by Gasteiger charge is -2.11. The number of hydrogen-bond acceptors (Lipinski definition) is 3. The van der Waals surface area contributed by atoms with Crippen LogP contribution in [0.2, 0.25) is 0 Å². The van der Waals surface area contributed by atoms with Gasteiger partial charge in [-0.1, -0.05) is 164 Å². The lowest BCUT2D eigenvalue weighted by Crippen LogP contribution is -2.00. The largest absolute Gasteiger partial charge is 0.309 e. The second-order valence-electron chi connectivity index (χ2n) is 13.3. The molecule has 2 heterocycles. The zero-order chi connectivity index (χ0) is 35.1. The molecular weight excluding hydrogens is 645 g/mol. The molecule has 0 aliphatic heterocycles. The van der Waals surface area contributed by atoms with Crippen LogP contribution in [0.15, 0.2) is 194 Å². The van der Waals surface area contributed by atoms with Gasteiger partial charge in [0, 0.05) is 33.2 Å². The summed E-state index contributed by atoms with van der Waals surface area (Å²) >= 11 is 0. The highest BCUT2D eigenvalue weighted by Gasteiger charge is 2.16. The average Bonchev–Trinajstić information content (AvgIpc) is 3.59. The fourth-order valence-corrected chi connectivity index (χ4v) is 7.43. The number of hydrogen-bond donors (Lipinski definition) is 0. The maximum absolute atomic E-state index is 4.93. The van der Waals surface area contributed by atoms with E-state index >= 15 is 0 Å². The van der Waals surface area contributed by atoms with E-state index in [0.717, 1.165) is 33.5 Å². The van der Waals surface area contributed by atoms with Crippen LogP contribution < -0.4 is 0 Å². The molecule has 0 amide bonds. The molecule has 10 rings (SSSR count). The Morgan fingerprint density at radius 1 is 0.302 bits per heavy atom. The molecule has 4 heteroatoms. The number of nitrogens with zero attached hydrogens (tertiary/aromatic N) is 4. The average molecular weight is 677 g/mol. The first-order valence-corrected chi connectivity index (χ1v) is 17.9. The van der Waals surface area contributed by atoms with Gasteiger partial charge >= 0.3 is 0 Å². The Morgan fingerprint density at radius 3 is 1.36 bits per heavy atom. The lowest BCUT2D eigenvalue weighted by atomic mass is 9.97. The van der Waals surface area contributed by atoms with Crippen molar-refractivity contribution in [3.05, 3.63) is 194 Å². The molecule has 0 radical (unpaired) electrons. The van der Waals surface area contributed by atoms with Crippen LogP contribution >= 0.6 is 0 Å². The van der Waals surface area contributed by atoms with E-state index in [9.17, 15) is 0 Å². The van der Waals surface area contributed by atoms with E-state index in [1.54, 1.807) is 0 Å². The Balaban J connectivity index is 1.06. The van der Waals surface area contributed by atoms with Crippen molar-refractivity contribution >= 4 is 32.6 Å². The Kier molecular flexibility index (Phi) is 7.43. The highest BCUT2D eigenvalue weighted by Crippen LogP contribution is 2.39. The van der Waals surface area contributed by atoms with Crippen molar-refractivity contribution in [1.82, 2.24) is 19.5 Å². The Bertz CT molecular complexity index is 2840. The van der Waals surface area contributed by atoms with E-state index in [1.165, 1.54) is 43.7 Å². The number of para-hydroxylation sites is 1. The van der Waals surface area contributed by atoms with Gasteiger partial charge in [-0.15, -0.1) is 0 Å². The molecule has 4 nitrogen and oxygen atoms in total. The molecule has 0 saturated carbocycles. The molecule has 248 valence electrons. The first-order valence-electron chi connectivity index (χ1n) is 17.9. The third-order valence-corrected chi connectivity index (χ3v) is 10.1. The molecule has 8 aromatic carbocycles. The van der Waals surface area contributed by atoms with Gasteiger partial charge < -0.3 is 4.57 Å². The summed E-state index contributed by atoms with van der Waals surface area (Å²) in [7, 11) is 0. The second kappa shape index (κ2) is 12.9. The zero-order valence-corrected chi connectivity index (χ0v) is 28.8. The summed E-state index contributed by atoms with van der Waals surface area (Å²) in [6.07, 6.45) is 0. The first kappa shape index (κ1) is 30.6. The van der Waals surface area contributed by atoms with Crippen molar-refractivity contribution in [2.75, 3.05) is 0 Å². The van der Waals surface area contributed by atoms with Gasteiger partial charge in [-0.05, 0) is 63.4 Å². The van der Waals surface area contributed by atoms with Crippen LogP contribution in [0.25, 0.3) is 94.7 Å². The Hall–Kier alpha value is -7.17. The number of benzene rings is 8. The van der Waals surface area contributed by atoms with Crippen molar-refractivity contribution in [1.29, 1.82) is 0 Å². The van der Waals surface area contributed by atoms with Gasteiger partial charge in [0.15, 0.2) is 17.5 Å². The van der Waals surface area contributed by atoms with Crippen LogP contribution in [-0.2, 0) is 0 Å². The molecule has 0 aliphatic carbocycles. The smallest absolute Gasteiger partial charge is 0.164 e. The summed E-state index contributed by atoms with van der Waals surface area (Å²) in [5.41, 5.74) is 11.1. The molecular formula is C49H32N4. The van der Waals surface area contributed by atoms with E-state index in [-0.39, 0.29) is 0 Å². The van der Waals surface area contributed by atoms with Gasteiger partial charge in [0.1, 0.15) is 0 Å². The van der Waals surface area contributed by atoms with Gasteiger partial charge in [0.25, 0.3) is 0 Å². The normalized spacial score (nSPS) is 11.4. The predicted octanol–water partition coefficient (Wildman–Crippen LogP) is 12.5. The molecule has 2 aromatic heterocycles. The third-order valence-electron chi connectivity index (χ3n) is 10.1. The van der Waals surface area contributed by atoms with Crippen molar-refractivity contribution in [2.45, 2.75) is 0 Å². The number of aromatic nitrogens is 4. The van der Waals surface area contributed by atoms with Crippen molar-refractivity contribution in [2.24, 2.45) is 0 Å². The summed E-state index contributed by atoms with van der Waals surface area (Å²) in [5, 5.41) is 4.95. The molecule has 0 aliphatic rings. The minimum absolute atomic E-state index is 0.647. The number of fused-ring (bicyclic) bond motifs is 5. The molecule has 53 heavy (non-hydrogen) atoms. The van der Waals surface area contributed by atoms with Crippen LogP contribution in [0.1, 0.15) is 0 Å². The lowest BCUT2D eigenvalue weighted by molar-refractivity contribution is 1.07. The van der Waals surface area contributed by atoms with E-state index in [1.807, 2.05) is 60.7 Å². The maximum atomic E-state index is 4.93. The van der Waals surface area contributed by atoms with Crippen LogP contribution in [0.3, 0.4) is 0 Å². The summed E-state index contributed by atoms with van der Waals surface area (Å²) < 4.78 is 2.39. The molecule has 0 fully saturated rings. The fraction of sp³-hybridized carbons (Fsp3) is 0. The highest BCUT2D eigenvalue weighted by molar-refractivity contribution is 6.21. The molecule has 10 aromatic rings.